The molecule has 0 amide bonds. The monoisotopic (exact) mass is 288 g/mol. The number of ketones is 2. The number of anilines is 1. The van der Waals surface area contributed by atoms with Crippen molar-refractivity contribution < 1.29 is 13.7 Å². The Morgan fingerprint density at radius 3 is 3.00 bits per heavy atom. The van der Waals surface area contributed by atoms with Crippen LogP contribution in [0.2, 0.25) is 0 Å². The van der Waals surface area contributed by atoms with Gasteiger partial charge in [0.05, 0.1) is 26.1 Å². The van der Waals surface area contributed by atoms with Gasteiger partial charge in [-0.05, 0) is 25.5 Å². The highest BCUT2D eigenvalue weighted by Gasteiger charge is 2.30. The average molecular weight is 288 g/mol. The second kappa shape index (κ2) is 4.80. The van der Waals surface area contributed by atoms with E-state index in [0.29, 0.717) is 0 Å². The van der Waals surface area contributed by atoms with Crippen LogP contribution in [0.25, 0.3) is 10.9 Å². The molecule has 108 valence electrons. The van der Waals surface area contributed by atoms with Crippen molar-refractivity contribution in [3.05, 3.63) is 34.3 Å². The Balaban J connectivity index is 2.28. The highest BCUT2D eigenvalue weighted by atomic mass is 16.2. The zero-order valence-electron chi connectivity index (χ0n) is 14.3. The average Bonchev–Trinajstić information content (AvgIpc) is 2.49. The highest BCUT2D eigenvalue weighted by Crippen LogP contribution is 2.24. The van der Waals surface area contributed by atoms with Crippen LogP contribution in [0.15, 0.2) is 22.9 Å². The summed E-state index contributed by atoms with van der Waals surface area (Å²) in [6.07, 6.45) is -1.53. The number of nitrogen functional groups attached to an aromatic ring is 1. The Bertz CT molecular complexity index is 955. The predicted molar refractivity (Wildman–Crippen MR) is 78.1 cm³/mol. The molecule has 0 aliphatic heterocycles. The van der Waals surface area contributed by atoms with Gasteiger partial charge in [0.15, 0.2) is 5.78 Å². The van der Waals surface area contributed by atoms with Gasteiger partial charge in [-0.1, -0.05) is 6.04 Å². The van der Waals surface area contributed by atoms with E-state index in [-0.39, 0.29) is 47.3 Å². The molecule has 1 saturated carbocycles. The minimum absolute atomic E-state index is 0.0205. The van der Waals surface area contributed by atoms with Gasteiger partial charge in [-0.15, -0.1) is 0 Å². The van der Waals surface area contributed by atoms with Crippen LogP contribution in [-0.2, 0) is 9.59 Å². The summed E-state index contributed by atoms with van der Waals surface area (Å²) in [6.45, 7) is 1.54. The zero-order valence-corrected chi connectivity index (χ0v) is 11.3. The normalized spacial score (nSPS) is 24.7. The van der Waals surface area contributed by atoms with E-state index in [1.54, 1.807) is 0 Å². The number of nitrogens with zero attached hydrogens (tertiary/aromatic N) is 2. The van der Waals surface area contributed by atoms with Gasteiger partial charge in [0, 0.05) is 13.5 Å². The first kappa shape index (κ1) is 10.3. The predicted octanol–water partition coefficient (Wildman–Crippen LogP) is 1.15. The molecule has 0 saturated heterocycles. The molecular formula is C15H15N3O3. The van der Waals surface area contributed by atoms with E-state index in [1.807, 2.05) is 0 Å². The van der Waals surface area contributed by atoms with Gasteiger partial charge in [0.2, 0.25) is 0 Å². The topological polar surface area (TPSA) is 95.0 Å². The van der Waals surface area contributed by atoms with E-state index in [9.17, 15) is 14.4 Å². The van der Waals surface area contributed by atoms with Crippen LogP contribution in [0.3, 0.4) is 0 Å². The minimum atomic E-state index is -1.06. The van der Waals surface area contributed by atoms with Gasteiger partial charge in [-0.3, -0.25) is 19.0 Å². The van der Waals surface area contributed by atoms with Crippen LogP contribution in [0, 0.1) is 6.92 Å². The number of hydrogen-bond donors (Lipinski definition) is 1. The Labute approximate surface area is 124 Å². The van der Waals surface area contributed by atoms with Crippen molar-refractivity contribution in [2.75, 3.05) is 5.73 Å². The summed E-state index contributed by atoms with van der Waals surface area (Å²) >= 11 is 0. The van der Waals surface area contributed by atoms with Crippen molar-refractivity contribution in [2.45, 2.75) is 32.2 Å². The summed E-state index contributed by atoms with van der Waals surface area (Å²) in [5.41, 5.74) is 5.25. The molecule has 2 N–H and O–H groups in total. The molecule has 6 heteroatoms. The number of aromatic nitrogens is 2. The lowest BCUT2D eigenvalue weighted by Crippen LogP contribution is -2.36. The van der Waals surface area contributed by atoms with Gasteiger partial charge in [-0.25, -0.2) is 4.98 Å². The fourth-order valence-corrected chi connectivity index (χ4v) is 2.62. The number of aryl methyl sites for hydroxylation is 1. The van der Waals surface area contributed by atoms with E-state index in [0.717, 1.165) is 4.57 Å². The Morgan fingerprint density at radius 1 is 1.48 bits per heavy atom. The molecule has 6 nitrogen and oxygen atoms in total. The molecule has 1 fully saturated rings. The molecule has 0 radical (unpaired) electrons. The third-order valence-electron chi connectivity index (χ3n) is 3.61. The van der Waals surface area contributed by atoms with Crippen LogP contribution >= 0.6 is 0 Å². The summed E-state index contributed by atoms with van der Waals surface area (Å²) in [6, 6.07) is -0.0829. The minimum Gasteiger partial charge on any atom is -0.398 e. The molecule has 2 unspecified atom stereocenters. The van der Waals surface area contributed by atoms with Gasteiger partial charge in [0.25, 0.3) is 5.56 Å². The number of carbonyl (C=O) groups excluding carboxylic acids is 2. The SMILES string of the molecule is [2H]c1cc2nc(C)n(C3CC([2H])C(=O)CC3=O)c(=O)c2c(N)c1[2H]. The Morgan fingerprint density at radius 2 is 2.24 bits per heavy atom. The first-order valence-corrected chi connectivity index (χ1v) is 6.48. The maximum absolute atomic E-state index is 12.9. The van der Waals surface area contributed by atoms with E-state index < -0.39 is 29.6 Å². The van der Waals surface area contributed by atoms with E-state index in [1.165, 1.54) is 13.0 Å². The van der Waals surface area contributed by atoms with Crippen molar-refractivity contribution in [1.82, 2.24) is 9.55 Å². The van der Waals surface area contributed by atoms with Gasteiger partial charge < -0.3 is 5.73 Å². The molecule has 0 bridgehead atoms. The van der Waals surface area contributed by atoms with E-state index in [2.05, 4.69) is 4.98 Å². The summed E-state index contributed by atoms with van der Waals surface area (Å²) in [7, 11) is 0. The quantitative estimate of drug-likeness (QED) is 0.627. The van der Waals surface area contributed by atoms with Crippen molar-refractivity contribution in [2.24, 2.45) is 0 Å². The summed E-state index contributed by atoms with van der Waals surface area (Å²) in [5, 5.41) is -0.0205. The summed E-state index contributed by atoms with van der Waals surface area (Å²) in [5.74, 6) is -0.650. The number of nitrogens with two attached hydrogens (primary N) is 1. The smallest absolute Gasteiger partial charge is 0.264 e. The van der Waals surface area contributed by atoms with Crippen LogP contribution in [-0.4, -0.2) is 21.1 Å². The molecule has 2 aromatic rings. The molecule has 1 aliphatic rings. The standard InChI is InChI=1S/C15H15N3O3/c1-8-17-11-4-2-3-10(16)14(11)15(21)18(8)12-6-5-9(19)7-13(12)20/h2-4,12H,5-7,16H2,1H3/i2D,3D,5D. The fourth-order valence-electron chi connectivity index (χ4n) is 2.62. The molecule has 0 spiro atoms. The lowest BCUT2D eigenvalue weighted by molar-refractivity contribution is -0.132. The molecule has 1 heterocycles. The maximum atomic E-state index is 12.9. The number of Topliss-reactive ketones (excluding diaryl/α,β-unsaturated/α-hetero) is 2. The largest absolute Gasteiger partial charge is 0.398 e. The van der Waals surface area contributed by atoms with Crippen molar-refractivity contribution in [3.63, 3.8) is 0 Å². The lowest BCUT2D eigenvalue weighted by atomic mass is 9.92. The van der Waals surface area contributed by atoms with E-state index >= 15 is 0 Å². The van der Waals surface area contributed by atoms with E-state index in [4.69, 9.17) is 9.85 Å². The number of fused-ring (bicyclic) bond motifs is 1. The van der Waals surface area contributed by atoms with Crippen LogP contribution in [0.5, 0.6) is 0 Å². The number of rotatable bonds is 1. The highest BCUT2D eigenvalue weighted by molar-refractivity contribution is 6.03. The molecule has 2 atom stereocenters. The maximum Gasteiger partial charge on any atom is 0.264 e. The van der Waals surface area contributed by atoms with Gasteiger partial charge in [-0.2, -0.15) is 0 Å². The second-order valence-electron chi connectivity index (χ2n) is 4.99. The third-order valence-corrected chi connectivity index (χ3v) is 3.61. The van der Waals surface area contributed by atoms with Crippen LogP contribution in [0.1, 0.15) is 35.2 Å². The van der Waals surface area contributed by atoms with Gasteiger partial charge in [0.1, 0.15) is 11.6 Å². The summed E-state index contributed by atoms with van der Waals surface area (Å²) < 4.78 is 24.3. The molecule has 1 aliphatic carbocycles. The third kappa shape index (κ3) is 2.12. The molecule has 21 heavy (non-hydrogen) atoms. The van der Waals surface area contributed by atoms with Crippen molar-refractivity contribution in [3.8, 4) is 0 Å². The Kier molecular flexibility index (Phi) is 2.35. The second-order valence-corrected chi connectivity index (χ2v) is 4.99. The Hall–Kier alpha value is -2.50. The van der Waals surface area contributed by atoms with Crippen LogP contribution in [0.4, 0.5) is 5.69 Å². The van der Waals surface area contributed by atoms with Crippen LogP contribution < -0.4 is 11.3 Å². The molecular weight excluding hydrogens is 270 g/mol. The molecule has 3 rings (SSSR count). The lowest BCUT2D eigenvalue weighted by Gasteiger charge is -2.24. The number of benzene rings is 1. The first-order valence-electron chi connectivity index (χ1n) is 8.06. The van der Waals surface area contributed by atoms with Crippen molar-refractivity contribution in [1.29, 1.82) is 0 Å². The summed E-state index contributed by atoms with van der Waals surface area (Å²) in [4.78, 5) is 40.8. The number of hydrogen-bond acceptors (Lipinski definition) is 5. The number of carbonyl (C=O) groups is 2. The molecule has 1 aromatic heterocycles. The van der Waals surface area contributed by atoms with Gasteiger partial charge >= 0.3 is 0 Å². The fraction of sp³-hybridized carbons (Fsp3) is 0.333. The van der Waals surface area contributed by atoms with Crippen molar-refractivity contribution >= 4 is 28.2 Å². The molecule has 1 aromatic carbocycles. The zero-order chi connectivity index (χ0) is 17.8. The first-order chi connectivity index (χ1) is 11.2.